The molecule has 12 nitrogen and oxygen atoms in total. The molecule has 4 aromatic heterocycles. The van der Waals surface area contributed by atoms with Gasteiger partial charge in [-0.15, -0.1) is 0 Å². The molecule has 0 bridgehead atoms. The van der Waals surface area contributed by atoms with E-state index in [2.05, 4.69) is 151 Å². The normalized spacial score (nSPS) is 12.1. The standard InChI is InChI=1S/2C22H16NO2S.2C21H13NO2S.ClH/c1-23-16-10-4-3-7-13(16)21-20-14(8-5-11-17(20)23)19-15(22(24)25-2)9-6-12-18(19)26-21;1-23-17-8-4-3-6-16(17)21-20-15(7-5-9-18(20)23)14-11-10-13(22(24)25-2)12-19(14)26-21;1-24-21(23)14-8-5-11-17-18(14)13-7-4-10-16-19(13)20(25-17)12-6-2-3-9-15(12)22-16;1-24-21(23)12-9-10-13-14-6-4-8-17-19(14)20(25-18(13)11-12)15-5-2-3-7-16(15)22-17;/h2*3-12H,1-2H3;2*2-11H,1H3;1H/q2*+1;;;/p-1. The SMILES string of the molecule is COC(=O)c1ccc2c(c1)Sc1c3ccccc3[n+](C)c3cccc-2c13.COC(=O)c1ccc2c(c1)Sc1c3ccccc3nc3cccc-2c13.COC(=O)c1cccc2c1-c1cccc3c1c(c1ccccc1[n+]3C)S2.COC(=O)c1cccc2c1-c1cccc3nc4ccccc4c(c13)S2.[Cl-]. The van der Waals surface area contributed by atoms with Gasteiger partial charge in [-0.05, 0) is 118 Å². The molecule has 0 N–H and O–H groups in total. The average Bonchev–Trinajstić information content (AvgIpc) is 0.735. The highest BCUT2D eigenvalue weighted by Gasteiger charge is 2.33. The lowest BCUT2D eigenvalue weighted by Crippen LogP contribution is -3.00. The molecule has 0 unspecified atom stereocenters. The number of methoxy groups -OCH3 is 4. The lowest BCUT2D eigenvalue weighted by atomic mass is 9.94. The number of nitrogens with zero attached hydrogens (tertiary/aromatic N) is 4. The van der Waals surface area contributed by atoms with Crippen molar-refractivity contribution >= 4 is 158 Å². The van der Waals surface area contributed by atoms with Crippen LogP contribution < -0.4 is 21.5 Å². The van der Waals surface area contributed by atoms with Crippen molar-refractivity contribution < 1.29 is 59.7 Å². The van der Waals surface area contributed by atoms with Crippen LogP contribution in [0, 0.1) is 0 Å². The van der Waals surface area contributed by atoms with E-state index >= 15 is 0 Å². The Morgan fingerprint density at radius 3 is 1.09 bits per heavy atom. The van der Waals surface area contributed by atoms with E-state index in [9.17, 15) is 19.2 Å². The first-order valence-electron chi connectivity index (χ1n) is 32.8. The third-order valence-electron chi connectivity index (χ3n) is 19.2. The number of para-hydroxylation sites is 4. The molecule has 0 amide bonds. The molecule has 4 aliphatic heterocycles. The van der Waals surface area contributed by atoms with Gasteiger partial charge in [-0.1, -0.05) is 181 Å². The Balaban J connectivity index is 0.000000106. The van der Waals surface area contributed by atoms with Crippen molar-refractivity contribution in [1.82, 2.24) is 9.97 Å². The monoisotopic (exact) mass is 1440 g/mol. The van der Waals surface area contributed by atoms with E-state index in [0.29, 0.717) is 22.3 Å². The molecule has 0 fully saturated rings. The fourth-order valence-electron chi connectivity index (χ4n) is 14.6. The third kappa shape index (κ3) is 11.1. The number of ether oxygens (including phenoxy) is 4. The number of carbonyl (C=O) groups excluding carboxylic acids is 4. The van der Waals surface area contributed by atoms with E-state index in [4.69, 9.17) is 28.9 Å². The highest BCUT2D eigenvalue weighted by Crippen LogP contribution is 2.55. The van der Waals surface area contributed by atoms with Gasteiger partial charge < -0.3 is 31.4 Å². The summed E-state index contributed by atoms with van der Waals surface area (Å²) < 4.78 is 24.3. The summed E-state index contributed by atoms with van der Waals surface area (Å²) in [5.41, 5.74) is 19.8. The van der Waals surface area contributed by atoms with Crippen LogP contribution >= 0.6 is 47.0 Å². The van der Waals surface area contributed by atoms with Gasteiger partial charge in [-0.2, -0.15) is 9.13 Å². The number of pyridine rings is 4. The van der Waals surface area contributed by atoms with Crippen LogP contribution in [0.3, 0.4) is 0 Å². The summed E-state index contributed by atoms with van der Waals surface area (Å²) in [4.78, 5) is 67.4. The molecule has 0 spiro atoms. The Morgan fingerprint density at radius 2 is 0.631 bits per heavy atom. The van der Waals surface area contributed by atoms with Gasteiger partial charge in [0, 0.05) is 96.1 Å². The number of rotatable bonds is 4. The van der Waals surface area contributed by atoms with Gasteiger partial charge in [0.1, 0.15) is 14.1 Å². The van der Waals surface area contributed by atoms with Crippen molar-refractivity contribution in [3.8, 4) is 44.5 Å². The summed E-state index contributed by atoms with van der Waals surface area (Å²) >= 11 is 6.87. The largest absolute Gasteiger partial charge is 1.00 e. The minimum atomic E-state index is -0.313. The fourth-order valence-corrected chi connectivity index (χ4v) is 19.7. The van der Waals surface area contributed by atoms with Crippen molar-refractivity contribution in [2.75, 3.05) is 28.4 Å². The van der Waals surface area contributed by atoms with Crippen LogP contribution in [0.2, 0.25) is 0 Å². The molecule has 12 aromatic carbocycles. The van der Waals surface area contributed by atoms with E-state index in [1.54, 1.807) is 47.0 Å². The first-order valence-corrected chi connectivity index (χ1v) is 36.1. The highest BCUT2D eigenvalue weighted by molar-refractivity contribution is 8.00. The Labute approximate surface area is 614 Å². The maximum absolute atomic E-state index is 12.4. The van der Waals surface area contributed by atoms with Gasteiger partial charge in [0.05, 0.1) is 94.3 Å². The van der Waals surface area contributed by atoms with Gasteiger partial charge in [-0.25, -0.2) is 29.1 Å². The van der Waals surface area contributed by atoms with Gasteiger partial charge >= 0.3 is 23.9 Å². The zero-order valence-corrected chi connectivity index (χ0v) is 60.2. The summed E-state index contributed by atoms with van der Waals surface area (Å²) in [6.07, 6.45) is 0. The number of aryl methyl sites for hydroxylation is 2. The van der Waals surface area contributed by atoms with Crippen molar-refractivity contribution in [1.29, 1.82) is 0 Å². The van der Waals surface area contributed by atoms with Gasteiger partial charge in [-0.3, -0.25) is 0 Å². The number of esters is 4. The van der Waals surface area contributed by atoms with Gasteiger partial charge in [0.25, 0.3) is 0 Å². The first kappa shape index (κ1) is 66.4. The smallest absolute Gasteiger partial charge is 0.338 e. The van der Waals surface area contributed by atoms with E-state index in [1.165, 1.54) is 97.1 Å². The second kappa shape index (κ2) is 27.0. The quantitative estimate of drug-likeness (QED) is 0.0715. The number of benzene rings is 12. The van der Waals surface area contributed by atoms with E-state index < -0.39 is 0 Å². The molecule has 0 saturated heterocycles. The molecule has 20 rings (SSSR count). The number of hydrogen-bond donors (Lipinski definition) is 0. The zero-order valence-electron chi connectivity index (χ0n) is 56.2. The van der Waals surface area contributed by atoms with Gasteiger partial charge in [0.2, 0.25) is 22.1 Å². The van der Waals surface area contributed by atoms with Gasteiger partial charge in [0.15, 0.2) is 0 Å². The predicted molar refractivity (Wildman–Crippen MR) is 407 cm³/mol. The molecule has 4 aliphatic rings. The number of aromatic nitrogens is 4. The molecule has 0 aliphatic carbocycles. The second-order valence-corrected chi connectivity index (χ2v) is 28.9. The summed E-state index contributed by atoms with van der Waals surface area (Å²) in [5.74, 6) is -1.23. The van der Waals surface area contributed by atoms with E-state index in [1.807, 2.05) is 115 Å². The van der Waals surface area contributed by atoms with Crippen LogP contribution in [0.4, 0.5) is 0 Å². The lowest BCUT2D eigenvalue weighted by molar-refractivity contribution is -0.618. The van der Waals surface area contributed by atoms with Crippen molar-refractivity contribution in [2.45, 2.75) is 39.2 Å². The molecule has 500 valence electrons. The Bertz CT molecular complexity index is 6370. The average molecular weight is 1440 g/mol. The summed E-state index contributed by atoms with van der Waals surface area (Å²) in [6, 6.07) is 81.6. The minimum absolute atomic E-state index is 0. The summed E-state index contributed by atoms with van der Waals surface area (Å²) in [7, 11) is 9.88. The zero-order chi connectivity index (χ0) is 69.6. The lowest BCUT2D eigenvalue weighted by Gasteiger charge is -2.23. The molecule has 0 radical (unpaired) electrons. The van der Waals surface area contributed by atoms with Crippen LogP contribution in [0.1, 0.15) is 41.4 Å². The van der Waals surface area contributed by atoms with Crippen LogP contribution in [0.5, 0.6) is 0 Å². The highest BCUT2D eigenvalue weighted by atomic mass is 35.5. The molecule has 16 aromatic rings. The topological polar surface area (TPSA) is 139 Å². The maximum Gasteiger partial charge on any atom is 0.338 e. The van der Waals surface area contributed by atoms with Crippen molar-refractivity contribution in [3.63, 3.8) is 0 Å². The van der Waals surface area contributed by atoms with Crippen LogP contribution in [-0.2, 0) is 33.0 Å². The predicted octanol–water partition coefficient (Wildman–Crippen LogP) is 17.1. The molecule has 0 saturated carbocycles. The minimum Gasteiger partial charge on any atom is -1.00 e. The first-order chi connectivity index (χ1) is 49.9. The summed E-state index contributed by atoms with van der Waals surface area (Å²) in [6.45, 7) is 0. The van der Waals surface area contributed by atoms with Crippen molar-refractivity contribution in [3.05, 3.63) is 265 Å². The maximum atomic E-state index is 12.4. The number of carbonyl (C=O) groups is 4. The molecular weight excluding hydrogens is 1380 g/mol. The molecular formula is C86H58ClN4O8S4+. The Kier molecular flexibility index (Phi) is 17.4. The number of halogens is 1. The molecule has 8 heterocycles. The Morgan fingerprint density at radius 1 is 0.301 bits per heavy atom. The number of hydrogen-bond acceptors (Lipinski definition) is 14. The third-order valence-corrected chi connectivity index (χ3v) is 24.0. The summed E-state index contributed by atoms with van der Waals surface area (Å²) in [5, 5.41) is 9.51. The molecule has 0 atom stereocenters. The number of fused-ring (bicyclic) bond motifs is 16. The fraction of sp³-hybridized carbons (Fsp3) is 0.0698. The Hall–Kier alpha value is -11.1. The van der Waals surface area contributed by atoms with Crippen molar-refractivity contribution in [2.24, 2.45) is 14.1 Å². The van der Waals surface area contributed by atoms with Crippen LogP contribution in [0.25, 0.3) is 132 Å². The second-order valence-electron chi connectivity index (χ2n) is 24.7. The molecule has 17 heteroatoms. The molecule has 103 heavy (non-hydrogen) atoms. The van der Waals surface area contributed by atoms with Crippen LogP contribution in [-0.4, -0.2) is 62.3 Å². The van der Waals surface area contributed by atoms with E-state index in [0.717, 1.165) is 102 Å². The van der Waals surface area contributed by atoms with Crippen LogP contribution in [0.15, 0.2) is 282 Å². The van der Waals surface area contributed by atoms with E-state index in [-0.39, 0.29) is 36.3 Å².